The Kier molecular flexibility index (Phi) is 11.6. The summed E-state index contributed by atoms with van der Waals surface area (Å²) in [7, 11) is -1.46. The maximum atomic E-state index is 12.1. The molecule has 1 saturated carbocycles. The normalized spacial score (nSPS) is 26.9. The van der Waals surface area contributed by atoms with Crippen LogP contribution in [0.2, 0.25) is 6.32 Å². The molecule has 0 amide bonds. The summed E-state index contributed by atoms with van der Waals surface area (Å²) >= 11 is 0. The molecule has 144 valence electrons. The summed E-state index contributed by atoms with van der Waals surface area (Å²) < 4.78 is 36.4. The summed E-state index contributed by atoms with van der Waals surface area (Å²) in [6.07, 6.45) is -2.69. The van der Waals surface area contributed by atoms with Crippen LogP contribution in [0.4, 0.5) is 13.2 Å². The molecule has 6 nitrogen and oxygen atoms in total. The monoisotopic (exact) mass is 398 g/mol. The topological polar surface area (TPSA) is 116 Å². The molecule has 24 heavy (non-hydrogen) atoms. The largest absolute Gasteiger partial charge is 0.480 e. The number of aliphatic carboxylic acids is 1. The van der Waals surface area contributed by atoms with Gasteiger partial charge in [-0.25, -0.2) is 0 Å². The predicted molar refractivity (Wildman–Crippen MR) is 88.4 cm³/mol. The minimum Gasteiger partial charge on any atom is -0.480 e. The molecule has 6 N–H and O–H groups in total. The highest BCUT2D eigenvalue weighted by Crippen LogP contribution is 2.38. The number of hydrogen-bond donors (Lipinski definition) is 5. The number of alkyl halides is 3. The van der Waals surface area contributed by atoms with Crippen molar-refractivity contribution in [3.05, 3.63) is 0 Å². The van der Waals surface area contributed by atoms with Gasteiger partial charge in [-0.1, -0.05) is 6.42 Å². The van der Waals surface area contributed by atoms with Gasteiger partial charge in [0.25, 0.3) is 0 Å². The molecule has 1 fully saturated rings. The highest BCUT2D eigenvalue weighted by Gasteiger charge is 2.46. The highest BCUT2D eigenvalue weighted by atomic mass is 35.5. The minimum atomic E-state index is -4.35. The lowest BCUT2D eigenvalue weighted by atomic mass is 9.66. The maximum Gasteiger partial charge on any atom is 0.451 e. The first-order valence-electron chi connectivity index (χ1n) is 7.20. The minimum absolute atomic E-state index is 0. The SMILES string of the molecule is Cl.Cl.NC1(C(=O)O)CC(CCB(O)O)CCC1CNCC(F)(F)F. The fraction of sp³-hybridized carbons (Fsp3) is 0.917. The van der Waals surface area contributed by atoms with Crippen LogP contribution in [0, 0.1) is 11.8 Å². The van der Waals surface area contributed by atoms with Crippen LogP contribution in [0.15, 0.2) is 0 Å². The molecule has 1 aliphatic rings. The summed E-state index contributed by atoms with van der Waals surface area (Å²) in [5.74, 6) is -1.91. The molecular formula is C12H24BCl2F3N2O4. The number of nitrogens with two attached hydrogens (primary N) is 1. The number of carboxylic acid groups (broad SMARTS) is 1. The van der Waals surface area contributed by atoms with E-state index in [1.54, 1.807) is 0 Å². The van der Waals surface area contributed by atoms with Gasteiger partial charge in [-0.2, -0.15) is 13.2 Å². The number of hydrogen-bond acceptors (Lipinski definition) is 5. The van der Waals surface area contributed by atoms with Crippen molar-refractivity contribution in [1.82, 2.24) is 5.32 Å². The number of rotatable bonds is 7. The van der Waals surface area contributed by atoms with Crippen molar-refractivity contribution < 1.29 is 33.1 Å². The Balaban J connectivity index is 0. The van der Waals surface area contributed by atoms with E-state index in [-0.39, 0.29) is 50.0 Å². The van der Waals surface area contributed by atoms with E-state index < -0.39 is 37.3 Å². The molecule has 0 radical (unpaired) electrons. The second-order valence-electron chi connectivity index (χ2n) is 5.99. The van der Waals surface area contributed by atoms with Gasteiger partial charge in [0.1, 0.15) is 5.54 Å². The molecule has 0 aromatic rings. The first-order chi connectivity index (χ1) is 10.0. The molecule has 0 saturated heterocycles. The van der Waals surface area contributed by atoms with E-state index in [1.807, 2.05) is 0 Å². The zero-order valence-corrected chi connectivity index (χ0v) is 14.6. The molecule has 0 aromatic heterocycles. The van der Waals surface area contributed by atoms with Crippen LogP contribution in [0.3, 0.4) is 0 Å². The van der Waals surface area contributed by atoms with Crippen LogP contribution < -0.4 is 11.1 Å². The lowest BCUT2D eigenvalue weighted by molar-refractivity contribution is -0.148. The lowest BCUT2D eigenvalue weighted by Gasteiger charge is -2.41. The second kappa shape index (κ2) is 10.7. The van der Waals surface area contributed by atoms with Gasteiger partial charge >= 0.3 is 19.3 Å². The van der Waals surface area contributed by atoms with Gasteiger partial charge in [0.15, 0.2) is 0 Å². The molecule has 1 aliphatic carbocycles. The van der Waals surface area contributed by atoms with Crippen molar-refractivity contribution in [1.29, 1.82) is 0 Å². The molecule has 1 rings (SSSR count). The van der Waals surface area contributed by atoms with Gasteiger partial charge in [0.2, 0.25) is 0 Å². The summed E-state index contributed by atoms with van der Waals surface area (Å²) in [6.45, 7) is -1.29. The van der Waals surface area contributed by atoms with Gasteiger partial charge in [-0.05, 0) is 31.5 Å². The quantitative estimate of drug-likeness (QED) is 0.409. The van der Waals surface area contributed by atoms with Crippen LogP contribution in [-0.2, 0) is 4.79 Å². The van der Waals surface area contributed by atoms with Gasteiger partial charge in [0, 0.05) is 12.5 Å². The lowest BCUT2D eigenvalue weighted by Crippen LogP contribution is -2.60. The standard InChI is InChI=1S/C12H22BF3N2O4.2ClH/c14-12(15,16)7-18-6-9-2-1-8(3-4-13(21)22)5-11(9,17)10(19)20;;/h8-9,18,21-22H,1-7,17H2,(H,19,20);2*1H. The summed E-state index contributed by atoms with van der Waals surface area (Å²) in [5, 5.41) is 29.3. The number of carbonyl (C=O) groups is 1. The Labute approximate surface area is 151 Å². The van der Waals surface area contributed by atoms with E-state index >= 15 is 0 Å². The van der Waals surface area contributed by atoms with E-state index in [0.29, 0.717) is 19.3 Å². The molecule has 12 heteroatoms. The van der Waals surface area contributed by atoms with E-state index in [2.05, 4.69) is 5.32 Å². The first-order valence-corrected chi connectivity index (χ1v) is 7.20. The fourth-order valence-electron chi connectivity index (χ4n) is 3.01. The Morgan fingerprint density at radius 1 is 1.29 bits per heavy atom. The van der Waals surface area contributed by atoms with Crippen LogP contribution in [0.5, 0.6) is 0 Å². The average molecular weight is 399 g/mol. The Morgan fingerprint density at radius 3 is 2.33 bits per heavy atom. The average Bonchev–Trinajstić information content (AvgIpc) is 2.37. The summed E-state index contributed by atoms with van der Waals surface area (Å²) in [5.41, 5.74) is 4.35. The Morgan fingerprint density at radius 2 is 1.88 bits per heavy atom. The van der Waals surface area contributed by atoms with E-state index in [9.17, 15) is 23.1 Å². The van der Waals surface area contributed by atoms with E-state index in [4.69, 9.17) is 15.8 Å². The Hall–Kier alpha value is -0.255. The predicted octanol–water partition coefficient (Wildman–Crippen LogP) is 1.04. The zero-order chi connectivity index (χ0) is 17.0. The maximum absolute atomic E-state index is 12.1. The van der Waals surface area contributed by atoms with Crippen molar-refractivity contribution in [3.8, 4) is 0 Å². The van der Waals surface area contributed by atoms with Crippen molar-refractivity contribution in [2.75, 3.05) is 13.1 Å². The highest BCUT2D eigenvalue weighted by molar-refractivity contribution is 6.40. The van der Waals surface area contributed by atoms with Crippen LogP contribution >= 0.6 is 24.8 Å². The van der Waals surface area contributed by atoms with Crippen molar-refractivity contribution in [2.45, 2.75) is 43.7 Å². The molecule has 0 aliphatic heterocycles. The molecule has 0 bridgehead atoms. The molecular weight excluding hydrogens is 375 g/mol. The van der Waals surface area contributed by atoms with Crippen molar-refractivity contribution in [3.63, 3.8) is 0 Å². The third-order valence-electron chi connectivity index (χ3n) is 4.23. The van der Waals surface area contributed by atoms with E-state index in [1.165, 1.54) is 0 Å². The number of halogens is 5. The van der Waals surface area contributed by atoms with Gasteiger partial charge < -0.3 is 26.2 Å². The molecule has 0 aromatic carbocycles. The van der Waals surface area contributed by atoms with Crippen LogP contribution in [-0.4, -0.2) is 53.0 Å². The van der Waals surface area contributed by atoms with Crippen molar-refractivity contribution >= 4 is 37.9 Å². The van der Waals surface area contributed by atoms with Gasteiger partial charge in [0.05, 0.1) is 6.54 Å². The number of carboxylic acids is 1. The van der Waals surface area contributed by atoms with Gasteiger partial charge in [-0.15, -0.1) is 24.8 Å². The molecule has 3 unspecified atom stereocenters. The third-order valence-corrected chi connectivity index (χ3v) is 4.23. The summed E-state index contributed by atoms with van der Waals surface area (Å²) in [4.78, 5) is 11.5. The molecule has 0 heterocycles. The van der Waals surface area contributed by atoms with E-state index in [0.717, 1.165) is 0 Å². The molecule has 0 spiro atoms. The smallest absolute Gasteiger partial charge is 0.451 e. The van der Waals surface area contributed by atoms with Gasteiger partial charge in [-0.3, -0.25) is 4.79 Å². The summed E-state index contributed by atoms with van der Waals surface area (Å²) in [6, 6.07) is 0. The Bertz CT molecular complexity index is 394. The first kappa shape index (κ1) is 26.0. The van der Waals surface area contributed by atoms with Crippen LogP contribution in [0.25, 0.3) is 0 Å². The third kappa shape index (κ3) is 8.22. The second-order valence-corrected chi connectivity index (χ2v) is 5.99. The fourth-order valence-corrected chi connectivity index (χ4v) is 3.01. The number of nitrogens with one attached hydrogen (secondary N) is 1. The van der Waals surface area contributed by atoms with Crippen LogP contribution in [0.1, 0.15) is 25.7 Å². The molecule has 3 atom stereocenters. The van der Waals surface area contributed by atoms with Crippen molar-refractivity contribution in [2.24, 2.45) is 17.6 Å². The zero-order valence-electron chi connectivity index (χ0n) is 13.0.